The normalized spacial score (nSPS) is 22.4. The fourth-order valence-corrected chi connectivity index (χ4v) is 4.54. The van der Waals surface area contributed by atoms with Gasteiger partial charge in [-0.05, 0) is 37.1 Å². The summed E-state index contributed by atoms with van der Waals surface area (Å²) in [5.41, 5.74) is 0. The SMILES string of the molecule is O=C(CCN1C(=O)C2CCCCC2C1=O)NCCSc1ccc(Cl)cc1. The van der Waals surface area contributed by atoms with Crippen LogP contribution >= 0.6 is 23.4 Å². The van der Waals surface area contributed by atoms with Crippen molar-refractivity contribution in [2.45, 2.75) is 37.0 Å². The minimum absolute atomic E-state index is 0.0780. The van der Waals surface area contributed by atoms with E-state index < -0.39 is 0 Å². The largest absolute Gasteiger partial charge is 0.355 e. The number of nitrogens with zero attached hydrogens (tertiary/aromatic N) is 1. The molecule has 7 heteroatoms. The van der Waals surface area contributed by atoms with Crippen molar-refractivity contribution in [3.63, 3.8) is 0 Å². The van der Waals surface area contributed by atoms with Gasteiger partial charge in [0, 0.05) is 35.2 Å². The Morgan fingerprint density at radius 2 is 1.73 bits per heavy atom. The molecule has 5 nitrogen and oxygen atoms in total. The van der Waals surface area contributed by atoms with Crippen LogP contribution in [0.3, 0.4) is 0 Å². The van der Waals surface area contributed by atoms with Crippen LogP contribution in [-0.4, -0.2) is 41.5 Å². The molecule has 2 aliphatic rings. The summed E-state index contributed by atoms with van der Waals surface area (Å²) in [5.74, 6) is 0.179. The average molecular weight is 395 g/mol. The lowest BCUT2D eigenvalue weighted by molar-refractivity contribution is -0.140. The lowest BCUT2D eigenvalue weighted by Crippen LogP contribution is -2.35. The van der Waals surface area contributed by atoms with E-state index in [2.05, 4.69) is 5.32 Å². The minimum atomic E-state index is -0.143. The number of hydrogen-bond acceptors (Lipinski definition) is 4. The number of halogens is 1. The second-order valence-electron chi connectivity index (χ2n) is 6.73. The number of nitrogens with one attached hydrogen (secondary N) is 1. The van der Waals surface area contributed by atoms with Crippen molar-refractivity contribution in [2.24, 2.45) is 11.8 Å². The third-order valence-corrected chi connectivity index (χ3v) is 6.27. The van der Waals surface area contributed by atoms with Crippen LogP contribution < -0.4 is 5.32 Å². The Morgan fingerprint density at radius 1 is 1.12 bits per heavy atom. The van der Waals surface area contributed by atoms with Gasteiger partial charge in [0.15, 0.2) is 0 Å². The van der Waals surface area contributed by atoms with E-state index in [1.807, 2.05) is 24.3 Å². The number of thioether (sulfide) groups is 1. The molecule has 1 aromatic rings. The molecule has 140 valence electrons. The zero-order valence-corrected chi connectivity index (χ0v) is 16.2. The fraction of sp³-hybridized carbons (Fsp3) is 0.526. The first-order valence-electron chi connectivity index (χ1n) is 9.06. The monoisotopic (exact) mass is 394 g/mol. The maximum Gasteiger partial charge on any atom is 0.233 e. The summed E-state index contributed by atoms with van der Waals surface area (Å²) in [6.45, 7) is 0.736. The minimum Gasteiger partial charge on any atom is -0.355 e. The van der Waals surface area contributed by atoms with E-state index in [-0.39, 0.29) is 42.5 Å². The molecule has 1 N–H and O–H groups in total. The molecule has 0 spiro atoms. The van der Waals surface area contributed by atoms with E-state index in [4.69, 9.17) is 11.6 Å². The maximum atomic E-state index is 12.4. The Labute approximate surface area is 162 Å². The van der Waals surface area contributed by atoms with Gasteiger partial charge in [0.25, 0.3) is 0 Å². The van der Waals surface area contributed by atoms with Gasteiger partial charge in [-0.3, -0.25) is 19.3 Å². The highest BCUT2D eigenvalue weighted by molar-refractivity contribution is 7.99. The van der Waals surface area contributed by atoms with E-state index in [1.165, 1.54) is 4.90 Å². The lowest BCUT2D eigenvalue weighted by Gasteiger charge is -2.19. The third kappa shape index (κ3) is 4.60. The predicted molar refractivity (Wildman–Crippen MR) is 102 cm³/mol. The molecular weight excluding hydrogens is 372 g/mol. The summed E-state index contributed by atoms with van der Waals surface area (Å²) in [4.78, 5) is 39.1. The van der Waals surface area contributed by atoms with Crippen LogP contribution in [0.2, 0.25) is 5.02 Å². The Kier molecular flexibility index (Phi) is 6.59. The van der Waals surface area contributed by atoms with E-state index in [9.17, 15) is 14.4 Å². The van der Waals surface area contributed by atoms with Gasteiger partial charge in [0.05, 0.1) is 11.8 Å². The molecule has 1 heterocycles. The van der Waals surface area contributed by atoms with E-state index >= 15 is 0 Å². The van der Waals surface area contributed by atoms with Crippen LogP contribution in [0.5, 0.6) is 0 Å². The number of carbonyl (C=O) groups excluding carboxylic acids is 3. The molecule has 26 heavy (non-hydrogen) atoms. The molecule has 1 saturated heterocycles. The van der Waals surface area contributed by atoms with Crippen molar-refractivity contribution < 1.29 is 14.4 Å². The zero-order valence-electron chi connectivity index (χ0n) is 14.6. The summed E-state index contributed by atoms with van der Waals surface area (Å²) < 4.78 is 0. The van der Waals surface area contributed by atoms with Gasteiger partial charge in [-0.25, -0.2) is 0 Å². The molecule has 2 fully saturated rings. The summed E-state index contributed by atoms with van der Waals surface area (Å²) >= 11 is 7.48. The Balaban J connectivity index is 1.37. The van der Waals surface area contributed by atoms with Crippen LogP contribution in [0, 0.1) is 11.8 Å². The van der Waals surface area contributed by atoms with Crippen molar-refractivity contribution in [1.82, 2.24) is 10.2 Å². The Hall–Kier alpha value is -1.53. The number of likely N-dealkylation sites (tertiary alicyclic amines) is 1. The van der Waals surface area contributed by atoms with Crippen molar-refractivity contribution in [2.75, 3.05) is 18.8 Å². The summed E-state index contributed by atoms with van der Waals surface area (Å²) in [6.07, 6.45) is 3.81. The molecule has 0 radical (unpaired) electrons. The second kappa shape index (κ2) is 8.91. The Bertz CT molecular complexity index is 656. The molecule has 2 unspecified atom stereocenters. The maximum absolute atomic E-state index is 12.4. The van der Waals surface area contributed by atoms with Crippen molar-refractivity contribution in [1.29, 1.82) is 0 Å². The fourth-order valence-electron chi connectivity index (χ4n) is 3.64. The number of carbonyl (C=O) groups is 3. The molecule has 1 saturated carbocycles. The first kappa shape index (κ1) is 19.2. The molecule has 0 aromatic heterocycles. The third-order valence-electron chi connectivity index (χ3n) is 5.00. The van der Waals surface area contributed by atoms with E-state index in [1.54, 1.807) is 11.8 Å². The van der Waals surface area contributed by atoms with Gasteiger partial charge in [0.1, 0.15) is 0 Å². The molecule has 3 amide bonds. The molecule has 1 aromatic carbocycles. The summed E-state index contributed by atoms with van der Waals surface area (Å²) in [6, 6.07) is 7.56. The zero-order chi connectivity index (χ0) is 18.5. The smallest absolute Gasteiger partial charge is 0.233 e. The molecule has 2 atom stereocenters. The second-order valence-corrected chi connectivity index (χ2v) is 8.33. The number of amides is 3. The number of benzene rings is 1. The first-order valence-corrected chi connectivity index (χ1v) is 10.4. The number of hydrogen-bond donors (Lipinski definition) is 1. The summed E-state index contributed by atoms with van der Waals surface area (Å²) in [7, 11) is 0. The number of fused-ring (bicyclic) bond motifs is 1. The predicted octanol–water partition coefficient (Wildman–Crippen LogP) is 3.11. The highest BCUT2D eigenvalue weighted by atomic mass is 35.5. The quantitative estimate of drug-likeness (QED) is 0.438. The van der Waals surface area contributed by atoms with Crippen molar-refractivity contribution >= 4 is 41.1 Å². The summed E-state index contributed by atoms with van der Waals surface area (Å²) in [5, 5.41) is 3.55. The van der Waals surface area contributed by atoms with Gasteiger partial charge >= 0.3 is 0 Å². The van der Waals surface area contributed by atoms with Crippen molar-refractivity contribution in [3.05, 3.63) is 29.3 Å². The molecule has 0 bridgehead atoms. The van der Waals surface area contributed by atoms with Gasteiger partial charge in [-0.15, -0.1) is 11.8 Å². The Morgan fingerprint density at radius 3 is 2.35 bits per heavy atom. The van der Waals surface area contributed by atoms with Crippen LogP contribution in [0.15, 0.2) is 29.2 Å². The topological polar surface area (TPSA) is 66.5 Å². The molecule has 1 aliphatic carbocycles. The van der Waals surface area contributed by atoms with Gasteiger partial charge in [-0.1, -0.05) is 24.4 Å². The molecule has 3 rings (SSSR count). The highest BCUT2D eigenvalue weighted by Crippen LogP contribution is 2.37. The van der Waals surface area contributed by atoms with E-state index in [0.717, 1.165) is 36.3 Å². The van der Waals surface area contributed by atoms with Crippen LogP contribution in [0.25, 0.3) is 0 Å². The van der Waals surface area contributed by atoms with E-state index in [0.29, 0.717) is 11.6 Å². The first-order chi connectivity index (χ1) is 12.6. The van der Waals surface area contributed by atoms with Crippen molar-refractivity contribution in [3.8, 4) is 0 Å². The lowest BCUT2D eigenvalue weighted by atomic mass is 9.81. The average Bonchev–Trinajstić information content (AvgIpc) is 2.89. The molecule has 1 aliphatic heterocycles. The number of rotatable bonds is 7. The van der Waals surface area contributed by atoms with Gasteiger partial charge in [-0.2, -0.15) is 0 Å². The van der Waals surface area contributed by atoms with Crippen LogP contribution in [-0.2, 0) is 14.4 Å². The van der Waals surface area contributed by atoms with Gasteiger partial charge in [0.2, 0.25) is 17.7 Å². The van der Waals surface area contributed by atoms with Gasteiger partial charge < -0.3 is 5.32 Å². The van der Waals surface area contributed by atoms with Crippen LogP contribution in [0.1, 0.15) is 32.1 Å². The molecular formula is C19H23ClN2O3S. The number of imide groups is 1. The van der Waals surface area contributed by atoms with Crippen LogP contribution in [0.4, 0.5) is 0 Å². The highest BCUT2D eigenvalue weighted by Gasteiger charge is 2.47. The standard InChI is InChI=1S/C19H23ClN2O3S/c20-13-5-7-14(8-6-13)26-12-10-21-17(23)9-11-22-18(24)15-3-1-2-4-16(15)19(22)25/h5-8,15-16H,1-4,9-12H2,(H,21,23).